The van der Waals surface area contributed by atoms with E-state index in [9.17, 15) is 26.1 Å². The summed E-state index contributed by atoms with van der Waals surface area (Å²) in [5.74, 6) is 0. The number of hydrogen-bond donors (Lipinski definition) is 0. The van der Waals surface area contributed by atoms with Crippen LogP contribution in [-0.2, 0) is 10.0 Å². The van der Waals surface area contributed by atoms with Gasteiger partial charge in [0.05, 0.1) is 26.2 Å². The summed E-state index contributed by atoms with van der Waals surface area (Å²) in [5, 5.41) is 0. The van der Waals surface area contributed by atoms with Gasteiger partial charge in [-0.2, -0.15) is 13.2 Å². The molecule has 0 saturated carbocycles. The highest BCUT2D eigenvalue weighted by Crippen LogP contribution is 2.27. The predicted molar refractivity (Wildman–Crippen MR) is 98.8 cm³/mol. The molecule has 0 N–H and O–H groups in total. The average molecular weight is 409 g/mol. The van der Waals surface area contributed by atoms with Crippen LogP contribution in [0.1, 0.15) is 79.1 Å². The summed E-state index contributed by atoms with van der Waals surface area (Å²) in [7, 11) is -5.88. The minimum Gasteiger partial charge on any atom is -0.372 e. The molecule has 0 aliphatic rings. The number of unbranched alkanes of at least 4 members (excludes halogenated alkanes) is 4. The molecule has 0 heterocycles. The van der Waals surface area contributed by atoms with Crippen molar-refractivity contribution in [3.05, 3.63) is 4.94 Å². The third-order valence-corrected chi connectivity index (χ3v) is 5.09. The predicted octanol–water partition coefficient (Wildman–Crippen LogP) is 6.10. The third-order valence-electron chi connectivity index (χ3n) is 4.33. The molecule has 4 nitrogen and oxygen atoms in total. The van der Waals surface area contributed by atoms with Crippen LogP contribution < -0.4 is 0 Å². The summed E-state index contributed by atoms with van der Waals surface area (Å²) in [5.41, 5.74) is -5.62. The Bertz CT molecular complexity index is 391. The molecule has 0 bridgehead atoms. The van der Waals surface area contributed by atoms with E-state index in [4.69, 9.17) is 0 Å². The van der Waals surface area contributed by atoms with Crippen LogP contribution in [-0.4, -0.2) is 44.6 Å². The van der Waals surface area contributed by atoms with Gasteiger partial charge in [0.15, 0.2) is 10.0 Å². The van der Waals surface area contributed by atoms with E-state index in [1.807, 2.05) is 0 Å². The van der Waals surface area contributed by atoms with Gasteiger partial charge in [0, 0.05) is 0 Å². The van der Waals surface area contributed by atoms with Crippen LogP contribution in [0.25, 0.3) is 4.94 Å². The monoisotopic (exact) mass is 408 g/mol. The number of halogens is 4. The van der Waals surface area contributed by atoms with Gasteiger partial charge >= 0.3 is 5.51 Å². The first-order valence-electron chi connectivity index (χ1n) is 9.55. The Morgan fingerprint density at radius 3 is 1.12 bits per heavy atom. The number of alkyl halides is 3. The number of quaternary nitrogens is 1. The molecule has 26 heavy (non-hydrogen) atoms. The molecule has 0 aliphatic carbocycles. The zero-order valence-corrected chi connectivity index (χ0v) is 17.4. The summed E-state index contributed by atoms with van der Waals surface area (Å²) in [6.45, 7) is 15.0. The fraction of sp³-hybridized carbons (Fsp3) is 1.00. The molecule has 0 aromatic carbocycles. The summed E-state index contributed by atoms with van der Waals surface area (Å²) in [4.78, 5) is 0.639. The highest BCUT2D eigenvalue weighted by atomic mass is 32.2. The van der Waals surface area contributed by atoms with Crippen molar-refractivity contribution in [2.24, 2.45) is 0 Å². The van der Waals surface area contributed by atoms with E-state index in [-0.39, 0.29) is 0 Å². The van der Waals surface area contributed by atoms with Crippen molar-refractivity contribution in [3.8, 4) is 0 Å². The van der Waals surface area contributed by atoms with Crippen molar-refractivity contribution in [2.45, 2.75) is 84.6 Å². The quantitative estimate of drug-likeness (QED) is 0.273. The molecule has 0 radical (unpaired) electrons. The Morgan fingerprint density at radius 2 is 1.00 bits per heavy atom. The van der Waals surface area contributed by atoms with E-state index in [1.54, 1.807) is 0 Å². The molecule has 0 aliphatic heterocycles. The maximum Gasteiger partial charge on any atom is 0.481 e. The first-order chi connectivity index (χ1) is 12.1. The molecule has 0 aromatic rings. The van der Waals surface area contributed by atoms with Crippen molar-refractivity contribution < 1.29 is 30.6 Å². The summed E-state index contributed by atoms with van der Waals surface area (Å²) in [6.07, 6.45) is 11.1. The molecule has 160 valence electrons. The number of rotatable bonds is 13. The van der Waals surface area contributed by atoms with E-state index >= 15 is 0 Å². The lowest BCUT2D eigenvalue weighted by molar-refractivity contribution is -0.929. The highest BCUT2D eigenvalue weighted by Gasteiger charge is 2.39. The first-order valence-corrected chi connectivity index (χ1v) is 11.0. The molecular weight excluding hydrogens is 372 g/mol. The van der Waals surface area contributed by atoms with Crippen LogP contribution in [0.15, 0.2) is 0 Å². The zero-order valence-electron chi connectivity index (χ0n) is 16.6. The molecule has 0 unspecified atom stereocenters. The number of nitrogens with zero attached hydrogens (tertiary/aromatic N) is 2. The van der Waals surface area contributed by atoms with Gasteiger partial charge in [0.2, 0.25) is 0 Å². The van der Waals surface area contributed by atoms with Crippen molar-refractivity contribution >= 4 is 10.0 Å². The van der Waals surface area contributed by atoms with E-state index in [0.717, 1.165) is 0 Å². The lowest BCUT2D eigenvalue weighted by Crippen LogP contribution is -2.50. The van der Waals surface area contributed by atoms with Crippen molar-refractivity contribution in [1.82, 2.24) is 0 Å². The second-order valence-electron chi connectivity index (χ2n) is 6.64. The van der Waals surface area contributed by atoms with Crippen molar-refractivity contribution in [2.75, 3.05) is 26.2 Å². The fourth-order valence-corrected chi connectivity index (χ4v) is 2.76. The van der Waals surface area contributed by atoms with E-state index in [2.05, 4.69) is 27.7 Å². The molecule has 0 aromatic heterocycles. The van der Waals surface area contributed by atoms with Crippen LogP contribution >= 0.6 is 0 Å². The van der Waals surface area contributed by atoms with Gasteiger partial charge in [-0.25, -0.2) is 8.42 Å². The molecule has 9 heteroatoms. The molecule has 0 rings (SSSR count). The maximum atomic E-state index is 10.9. The van der Waals surface area contributed by atoms with Crippen LogP contribution in [0.2, 0.25) is 0 Å². The minimum absolute atomic E-state index is 0.639. The summed E-state index contributed by atoms with van der Waals surface area (Å²) in [6, 6.07) is 0. The molecule has 0 fully saturated rings. The van der Waals surface area contributed by atoms with Crippen molar-refractivity contribution in [1.29, 1.82) is 0 Å². The Balaban J connectivity index is 0. The second kappa shape index (κ2) is 14.6. The number of hydrogen-bond acceptors (Lipinski definition) is 2. The van der Waals surface area contributed by atoms with Gasteiger partial charge in [-0.05, 0) is 25.7 Å². The van der Waals surface area contributed by atoms with E-state index in [1.165, 1.54) is 82.0 Å². The topological polar surface area (TPSA) is 48.2 Å². The standard InChI is InChI=1S/C16H36N.CF4NO2S/c1-5-9-13-17(14-10-6-2,15-11-7-3)16-12-8-4;2-1(3,4)9(7,8)6-5/h5-16H2,1-4H3;/q+1;-1. The molecule has 0 amide bonds. The summed E-state index contributed by atoms with van der Waals surface area (Å²) >= 11 is 0. The van der Waals surface area contributed by atoms with Crippen molar-refractivity contribution in [3.63, 3.8) is 0 Å². The molecule has 0 atom stereocenters. The maximum absolute atomic E-state index is 10.9. The number of sulfonamides is 1. The van der Waals surface area contributed by atoms with Crippen LogP contribution in [0.5, 0.6) is 0 Å². The SMILES string of the molecule is CCCC[N+](CCCC)(CCCC)CCCC.O=S(=O)([N-]F)C(F)(F)F. The highest BCUT2D eigenvalue weighted by molar-refractivity contribution is 7.94. The zero-order chi connectivity index (χ0) is 20.7. The van der Waals surface area contributed by atoms with Gasteiger partial charge in [0.25, 0.3) is 0 Å². The molecule has 0 saturated heterocycles. The average Bonchev–Trinajstić information content (AvgIpc) is 2.60. The largest absolute Gasteiger partial charge is 0.481 e. The van der Waals surface area contributed by atoms with Crippen LogP contribution in [0, 0.1) is 0 Å². The molecule has 0 spiro atoms. The van der Waals surface area contributed by atoms with Gasteiger partial charge in [-0.15, -0.1) is 0 Å². The minimum atomic E-state index is -5.88. The van der Waals surface area contributed by atoms with Crippen LogP contribution in [0.4, 0.5) is 17.7 Å². The smallest absolute Gasteiger partial charge is 0.372 e. The third kappa shape index (κ3) is 12.1. The van der Waals surface area contributed by atoms with Gasteiger partial charge in [-0.1, -0.05) is 53.4 Å². The first kappa shape index (κ1) is 27.8. The van der Waals surface area contributed by atoms with E-state index in [0.29, 0.717) is 4.94 Å². The Labute approximate surface area is 156 Å². The molecular formula is C17H36F4N2O2S. The van der Waals surface area contributed by atoms with Gasteiger partial charge in [0.1, 0.15) is 0 Å². The normalized spacial score (nSPS) is 12.6. The Kier molecular flexibility index (Phi) is 15.6. The van der Waals surface area contributed by atoms with Gasteiger partial charge < -0.3 is 13.9 Å². The fourth-order valence-electron chi connectivity index (χ4n) is 2.68. The lowest BCUT2D eigenvalue weighted by Gasteiger charge is -2.39. The van der Waals surface area contributed by atoms with E-state index < -0.39 is 15.5 Å². The lowest BCUT2D eigenvalue weighted by atomic mass is 10.1. The van der Waals surface area contributed by atoms with Crippen LogP contribution in [0.3, 0.4) is 0 Å². The summed E-state index contributed by atoms with van der Waals surface area (Å²) < 4.78 is 63.4. The Hall–Kier alpha value is -0.410. The Morgan fingerprint density at radius 1 is 0.731 bits per heavy atom. The van der Waals surface area contributed by atoms with Gasteiger partial charge in [-0.3, -0.25) is 0 Å². The second-order valence-corrected chi connectivity index (χ2v) is 8.19.